The highest BCUT2D eigenvalue weighted by Gasteiger charge is 2.12. The Morgan fingerprint density at radius 3 is 2.71 bits per heavy atom. The summed E-state index contributed by atoms with van der Waals surface area (Å²) in [5, 5.41) is 20.7. The second-order valence-corrected chi connectivity index (χ2v) is 4.12. The van der Waals surface area contributed by atoms with Crippen LogP contribution in [0.25, 0.3) is 6.08 Å². The van der Waals surface area contributed by atoms with Crippen molar-refractivity contribution < 1.29 is 19.8 Å². The molecule has 0 bridgehead atoms. The Morgan fingerprint density at radius 1 is 1.19 bits per heavy atom. The van der Waals surface area contributed by atoms with Gasteiger partial charge in [0.15, 0.2) is 5.69 Å². The Bertz CT molecular complexity index is 710. The molecule has 3 N–H and O–H groups in total. The molecule has 0 unspecified atom stereocenters. The number of anilines is 1. The number of carboxylic acid groups (broad SMARTS) is 1. The van der Waals surface area contributed by atoms with Gasteiger partial charge >= 0.3 is 5.97 Å². The maximum absolute atomic E-state index is 12.0. The van der Waals surface area contributed by atoms with Crippen LogP contribution in [-0.4, -0.2) is 27.1 Å². The lowest BCUT2D eigenvalue weighted by Crippen LogP contribution is -2.13. The van der Waals surface area contributed by atoms with Gasteiger partial charge in [0.05, 0.1) is 0 Å². The molecule has 0 saturated carbocycles. The molecule has 0 atom stereocenters. The van der Waals surface area contributed by atoms with Crippen LogP contribution in [0.1, 0.15) is 16.1 Å². The molecule has 0 aliphatic heterocycles. The Hall–Kier alpha value is -3.15. The molecule has 106 valence electrons. The van der Waals surface area contributed by atoms with Gasteiger partial charge in [-0.15, -0.1) is 0 Å². The van der Waals surface area contributed by atoms with Gasteiger partial charge in [0.25, 0.3) is 5.91 Å². The third kappa shape index (κ3) is 3.90. The van der Waals surface area contributed by atoms with E-state index in [0.717, 1.165) is 6.08 Å². The van der Waals surface area contributed by atoms with Crippen molar-refractivity contribution in [2.24, 2.45) is 0 Å². The molecule has 0 aliphatic rings. The van der Waals surface area contributed by atoms with E-state index >= 15 is 0 Å². The minimum Gasteiger partial charge on any atom is -0.505 e. The number of aliphatic carboxylic acids is 1. The van der Waals surface area contributed by atoms with Crippen molar-refractivity contribution in [2.45, 2.75) is 0 Å². The maximum Gasteiger partial charge on any atom is 0.328 e. The minimum atomic E-state index is -1.05. The Labute approximate surface area is 120 Å². The van der Waals surface area contributed by atoms with Crippen molar-refractivity contribution in [1.82, 2.24) is 4.98 Å². The van der Waals surface area contributed by atoms with Crippen molar-refractivity contribution in [2.75, 3.05) is 5.32 Å². The second kappa shape index (κ2) is 6.33. The number of pyridine rings is 1. The molecule has 0 aliphatic carbocycles. The molecular formula is C15H12N2O4. The van der Waals surface area contributed by atoms with Gasteiger partial charge in [0, 0.05) is 18.0 Å². The van der Waals surface area contributed by atoms with E-state index < -0.39 is 11.9 Å². The number of nitrogens with zero attached hydrogens (tertiary/aromatic N) is 1. The fourth-order valence-corrected chi connectivity index (χ4v) is 1.65. The van der Waals surface area contributed by atoms with E-state index in [9.17, 15) is 14.7 Å². The van der Waals surface area contributed by atoms with Gasteiger partial charge in [-0.3, -0.25) is 4.79 Å². The number of carboxylic acids is 1. The van der Waals surface area contributed by atoms with E-state index in [-0.39, 0.29) is 11.4 Å². The molecule has 21 heavy (non-hydrogen) atoms. The monoisotopic (exact) mass is 284 g/mol. The third-order valence-corrected chi connectivity index (χ3v) is 2.56. The number of carbonyl (C=O) groups excluding carboxylic acids is 1. The molecule has 1 aromatic heterocycles. The van der Waals surface area contributed by atoms with Crippen molar-refractivity contribution >= 4 is 23.6 Å². The summed E-state index contributed by atoms with van der Waals surface area (Å²) in [4.78, 5) is 26.2. The van der Waals surface area contributed by atoms with Gasteiger partial charge < -0.3 is 15.5 Å². The summed E-state index contributed by atoms with van der Waals surface area (Å²) < 4.78 is 0. The smallest absolute Gasteiger partial charge is 0.328 e. The number of nitrogens with one attached hydrogen (secondary N) is 1. The van der Waals surface area contributed by atoms with Gasteiger partial charge in [0.2, 0.25) is 0 Å². The average molecular weight is 284 g/mol. The number of rotatable bonds is 4. The summed E-state index contributed by atoms with van der Waals surface area (Å²) in [6, 6.07) is 9.52. The predicted molar refractivity (Wildman–Crippen MR) is 77.0 cm³/mol. The normalized spacial score (nSPS) is 10.5. The van der Waals surface area contributed by atoms with Crippen LogP contribution < -0.4 is 5.32 Å². The first-order chi connectivity index (χ1) is 10.1. The summed E-state index contributed by atoms with van der Waals surface area (Å²) in [5.41, 5.74) is 1.02. The zero-order valence-corrected chi connectivity index (χ0v) is 10.9. The van der Waals surface area contributed by atoms with E-state index in [1.54, 1.807) is 24.3 Å². The highest BCUT2D eigenvalue weighted by atomic mass is 16.4. The number of hydrogen-bond donors (Lipinski definition) is 3. The standard InChI is InChI=1S/C15H12N2O4/c18-12-5-2-8-16-14(12)15(21)17-11-4-1-3-10(9-11)6-7-13(19)20/h1-9,18H,(H,17,21)(H,19,20)/b7-6+. The molecule has 6 nitrogen and oxygen atoms in total. The molecule has 1 aromatic carbocycles. The first-order valence-corrected chi connectivity index (χ1v) is 6.02. The van der Waals surface area contributed by atoms with Gasteiger partial charge in [-0.2, -0.15) is 0 Å². The van der Waals surface area contributed by atoms with Crippen molar-refractivity contribution in [3.8, 4) is 5.75 Å². The summed E-state index contributed by atoms with van der Waals surface area (Å²) in [5.74, 6) is -1.81. The van der Waals surface area contributed by atoms with Crippen molar-refractivity contribution in [1.29, 1.82) is 0 Å². The molecule has 0 radical (unpaired) electrons. The molecule has 1 amide bonds. The lowest BCUT2D eigenvalue weighted by Gasteiger charge is -2.06. The van der Waals surface area contributed by atoms with Crippen LogP contribution in [-0.2, 0) is 4.79 Å². The molecule has 6 heteroatoms. The molecule has 0 spiro atoms. The fraction of sp³-hybridized carbons (Fsp3) is 0. The first kappa shape index (κ1) is 14.3. The number of benzene rings is 1. The lowest BCUT2D eigenvalue weighted by atomic mass is 10.2. The van der Waals surface area contributed by atoms with Crippen LogP contribution in [0.4, 0.5) is 5.69 Å². The molecular weight excluding hydrogens is 272 g/mol. The van der Waals surface area contributed by atoms with Crippen LogP contribution in [0.15, 0.2) is 48.7 Å². The van der Waals surface area contributed by atoms with Crippen LogP contribution in [0.3, 0.4) is 0 Å². The van der Waals surface area contributed by atoms with Crippen molar-refractivity contribution in [3.63, 3.8) is 0 Å². The van der Waals surface area contributed by atoms with Crippen LogP contribution in [0, 0.1) is 0 Å². The second-order valence-electron chi connectivity index (χ2n) is 4.12. The maximum atomic E-state index is 12.0. The van der Waals surface area contributed by atoms with E-state index in [1.165, 1.54) is 24.4 Å². The molecule has 2 aromatic rings. The Balaban J connectivity index is 2.17. The summed E-state index contributed by atoms with van der Waals surface area (Å²) in [6.45, 7) is 0. The Morgan fingerprint density at radius 2 is 2.00 bits per heavy atom. The zero-order valence-electron chi connectivity index (χ0n) is 10.9. The lowest BCUT2D eigenvalue weighted by molar-refractivity contribution is -0.131. The molecule has 0 fully saturated rings. The number of carbonyl (C=O) groups is 2. The fourth-order valence-electron chi connectivity index (χ4n) is 1.65. The van der Waals surface area contributed by atoms with E-state index in [4.69, 9.17) is 5.11 Å². The van der Waals surface area contributed by atoms with E-state index in [2.05, 4.69) is 10.3 Å². The number of aromatic hydroxyl groups is 1. The molecule has 2 rings (SSSR count). The number of amides is 1. The largest absolute Gasteiger partial charge is 0.505 e. The van der Waals surface area contributed by atoms with Crippen molar-refractivity contribution in [3.05, 3.63) is 59.9 Å². The highest BCUT2D eigenvalue weighted by molar-refractivity contribution is 6.04. The third-order valence-electron chi connectivity index (χ3n) is 2.56. The van der Waals surface area contributed by atoms with Gasteiger partial charge in [-0.05, 0) is 35.9 Å². The summed E-state index contributed by atoms with van der Waals surface area (Å²) in [7, 11) is 0. The van der Waals surface area contributed by atoms with Crippen LogP contribution in [0.2, 0.25) is 0 Å². The zero-order chi connectivity index (χ0) is 15.2. The average Bonchev–Trinajstić information content (AvgIpc) is 2.46. The van der Waals surface area contributed by atoms with Gasteiger partial charge in [0.1, 0.15) is 5.75 Å². The molecule has 1 heterocycles. The first-order valence-electron chi connectivity index (χ1n) is 6.02. The topological polar surface area (TPSA) is 99.5 Å². The van der Waals surface area contributed by atoms with E-state index in [1.807, 2.05) is 0 Å². The quantitative estimate of drug-likeness (QED) is 0.747. The predicted octanol–water partition coefficient (Wildman–Crippen LogP) is 2.14. The summed E-state index contributed by atoms with van der Waals surface area (Å²) in [6.07, 6.45) is 3.82. The van der Waals surface area contributed by atoms with Gasteiger partial charge in [-0.1, -0.05) is 12.1 Å². The summed E-state index contributed by atoms with van der Waals surface area (Å²) >= 11 is 0. The number of aromatic nitrogens is 1. The van der Waals surface area contributed by atoms with E-state index in [0.29, 0.717) is 11.3 Å². The SMILES string of the molecule is O=C(O)/C=C/c1cccc(NC(=O)c2ncccc2O)c1. The Kier molecular flexibility index (Phi) is 4.30. The molecule has 0 saturated heterocycles. The van der Waals surface area contributed by atoms with Gasteiger partial charge in [-0.25, -0.2) is 9.78 Å². The highest BCUT2D eigenvalue weighted by Crippen LogP contribution is 2.17. The van der Waals surface area contributed by atoms with Crippen LogP contribution >= 0.6 is 0 Å². The minimum absolute atomic E-state index is 0.0796. The van der Waals surface area contributed by atoms with Crippen LogP contribution in [0.5, 0.6) is 5.75 Å². The number of hydrogen-bond acceptors (Lipinski definition) is 4.